The lowest BCUT2D eigenvalue weighted by Gasteiger charge is -2.15. The number of phenolic OH excluding ortho intramolecular Hbond substituents is 1. The van der Waals surface area contributed by atoms with Gasteiger partial charge in [0.1, 0.15) is 5.75 Å². The van der Waals surface area contributed by atoms with Crippen molar-refractivity contribution in [2.24, 2.45) is 5.73 Å². The summed E-state index contributed by atoms with van der Waals surface area (Å²) in [4.78, 5) is 2.04. The first kappa shape index (κ1) is 12.7. The summed E-state index contributed by atoms with van der Waals surface area (Å²) >= 11 is 0. The summed E-state index contributed by atoms with van der Waals surface area (Å²) in [6.07, 6.45) is 3.69. The van der Waals surface area contributed by atoms with E-state index in [1.54, 1.807) is 0 Å². The monoisotopic (exact) mass is 220 g/mol. The maximum atomic E-state index is 10.1. The first-order valence-electron chi connectivity index (χ1n) is 5.39. The van der Waals surface area contributed by atoms with Gasteiger partial charge in [-0.15, -0.1) is 0 Å². The number of phenols is 1. The molecule has 1 rings (SSSR count). The van der Waals surface area contributed by atoms with Crippen molar-refractivity contribution in [3.63, 3.8) is 0 Å². The predicted molar refractivity (Wildman–Crippen MR) is 68.3 cm³/mol. The van der Waals surface area contributed by atoms with Crippen LogP contribution >= 0.6 is 0 Å². The molecule has 0 aliphatic carbocycles. The van der Waals surface area contributed by atoms with Crippen LogP contribution in [0.15, 0.2) is 18.2 Å². The van der Waals surface area contributed by atoms with Gasteiger partial charge in [-0.1, -0.05) is 24.3 Å². The Balaban J connectivity index is 3.11. The Bertz CT molecular complexity index is 384. The van der Waals surface area contributed by atoms with Gasteiger partial charge >= 0.3 is 0 Å². The molecule has 0 aliphatic rings. The predicted octanol–water partition coefficient (Wildman–Crippen LogP) is 1.73. The molecule has 0 atom stereocenters. The van der Waals surface area contributed by atoms with E-state index in [-0.39, 0.29) is 0 Å². The van der Waals surface area contributed by atoms with Gasteiger partial charge in [0, 0.05) is 24.2 Å². The summed E-state index contributed by atoms with van der Waals surface area (Å²) in [7, 11) is 3.97. The van der Waals surface area contributed by atoms with Gasteiger partial charge in [-0.05, 0) is 26.6 Å². The molecule has 3 N–H and O–H groups in total. The van der Waals surface area contributed by atoms with Crippen LogP contribution < -0.4 is 5.73 Å². The number of benzene rings is 1. The van der Waals surface area contributed by atoms with Crippen LogP contribution in [0.4, 0.5) is 0 Å². The van der Waals surface area contributed by atoms with Crippen LogP contribution in [0, 0.1) is 6.92 Å². The molecule has 0 amide bonds. The molecule has 0 unspecified atom stereocenters. The molecule has 0 bridgehead atoms. The number of hydrogen-bond donors (Lipinski definition) is 2. The third-order valence-electron chi connectivity index (χ3n) is 2.46. The molecule has 0 heterocycles. The summed E-state index contributed by atoms with van der Waals surface area (Å²) in [5.74, 6) is 0.360. The molecule has 0 saturated carbocycles. The fraction of sp³-hybridized carbons (Fsp3) is 0.385. The standard InChI is InChI=1S/C13H20N2O/c1-10-6-7-11(5-4-8-14)13(16)12(10)9-15(2)3/h4-7,16H,8-9,14H2,1-3H3/b5-4+. The van der Waals surface area contributed by atoms with E-state index in [1.807, 2.05) is 50.2 Å². The van der Waals surface area contributed by atoms with Gasteiger partial charge in [0.05, 0.1) is 0 Å². The molecule has 1 aromatic rings. The van der Waals surface area contributed by atoms with E-state index in [0.717, 1.165) is 23.2 Å². The molecule has 88 valence electrons. The second-order valence-electron chi connectivity index (χ2n) is 4.17. The molecular weight excluding hydrogens is 200 g/mol. The smallest absolute Gasteiger partial charge is 0.127 e. The fourth-order valence-electron chi connectivity index (χ4n) is 1.60. The lowest BCUT2D eigenvalue weighted by atomic mass is 10.0. The van der Waals surface area contributed by atoms with E-state index in [9.17, 15) is 5.11 Å². The maximum Gasteiger partial charge on any atom is 0.127 e. The quantitative estimate of drug-likeness (QED) is 0.812. The Labute approximate surface area is 97.2 Å². The third-order valence-corrected chi connectivity index (χ3v) is 2.46. The number of nitrogens with two attached hydrogens (primary N) is 1. The zero-order valence-corrected chi connectivity index (χ0v) is 10.2. The van der Waals surface area contributed by atoms with Gasteiger partial charge in [0.25, 0.3) is 0 Å². The first-order valence-corrected chi connectivity index (χ1v) is 5.39. The van der Waals surface area contributed by atoms with E-state index in [1.165, 1.54) is 0 Å². The summed E-state index contributed by atoms with van der Waals surface area (Å²) < 4.78 is 0. The lowest BCUT2D eigenvalue weighted by molar-refractivity contribution is 0.384. The van der Waals surface area contributed by atoms with Crippen LogP contribution in [0.3, 0.4) is 0 Å². The molecule has 0 radical (unpaired) electrons. The van der Waals surface area contributed by atoms with Gasteiger partial charge in [0.2, 0.25) is 0 Å². The van der Waals surface area contributed by atoms with Crippen molar-refractivity contribution in [3.05, 3.63) is 34.9 Å². The van der Waals surface area contributed by atoms with Crippen LogP contribution in [0.5, 0.6) is 5.75 Å². The van der Waals surface area contributed by atoms with Gasteiger partial charge in [0.15, 0.2) is 0 Å². The summed E-state index contributed by atoms with van der Waals surface area (Å²) in [6, 6.07) is 3.94. The van der Waals surface area contributed by atoms with E-state index >= 15 is 0 Å². The summed E-state index contributed by atoms with van der Waals surface area (Å²) in [5, 5.41) is 10.1. The van der Waals surface area contributed by atoms with Crippen LogP contribution in [0.25, 0.3) is 6.08 Å². The highest BCUT2D eigenvalue weighted by molar-refractivity contribution is 5.61. The zero-order chi connectivity index (χ0) is 12.1. The minimum atomic E-state index is 0.360. The number of nitrogens with zero attached hydrogens (tertiary/aromatic N) is 1. The van der Waals surface area contributed by atoms with Crippen molar-refractivity contribution >= 4 is 6.08 Å². The number of rotatable bonds is 4. The highest BCUT2D eigenvalue weighted by Gasteiger charge is 2.09. The highest BCUT2D eigenvalue weighted by atomic mass is 16.3. The van der Waals surface area contributed by atoms with Crippen molar-refractivity contribution in [3.8, 4) is 5.75 Å². The van der Waals surface area contributed by atoms with Crippen molar-refractivity contribution in [1.82, 2.24) is 4.90 Å². The Morgan fingerprint density at radius 1 is 1.38 bits per heavy atom. The van der Waals surface area contributed by atoms with E-state index in [4.69, 9.17) is 5.73 Å². The largest absolute Gasteiger partial charge is 0.507 e. The Kier molecular flexibility index (Phi) is 4.52. The van der Waals surface area contributed by atoms with E-state index in [2.05, 4.69) is 0 Å². The second-order valence-corrected chi connectivity index (χ2v) is 4.17. The van der Waals surface area contributed by atoms with Gasteiger partial charge in [-0.25, -0.2) is 0 Å². The highest BCUT2D eigenvalue weighted by Crippen LogP contribution is 2.27. The SMILES string of the molecule is Cc1ccc(/C=C/CN)c(O)c1CN(C)C. The average Bonchev–Trinajstić information content (AvgIpc) is 2.23. The van der Waals surface area contributed by atoms with E-state index in [0.29, 0.717) is 12.3 Å². The van der Waals surface area contributed by atoms with Gasteiger partial charge in [-0.2, -0.15) is 0 Å². The average molecular weight is 220 g/mol. The molecule has 0 aromatic heterocycles. The maximum absolute atomic E-state index is 10.1. The molecule has 0 fully saturated rings. The number of aromatic hydroxyl groups is 1. The zero-order valence-electron chi connectivity index (χ0n) is 10.2. The van der Waals surface area contributed by atoms with Crippen LogP contribution in [0.1, 0.15) is 16.7 Å². The summed E-state index contributed by atoms with van der Waals surface area (Å²) in [6.45, 7) is 3.23. The van der Waals surface area contributed by atoms with Crippen LogP contribution in [-0.2, 0) is 6.54 Å². The topological polar surface area (TPSA) is 49.5 Å². The molecule has 3 heteroatoms. The molecule has 0 spiro atoms. The number of aryl methyl sites for hydroxylation is 1. The first-order chi connectivity index (χ1) is 7.56. The molecule has 3 nitrogen and oxygen atoms in total. The molecule has 1 aromatic carbocycles. The summed E-state index contributed by atoms with van der Waals surface area (Å²) in [5.41, 5.74) is 8.31. The fourth-order valence-corrected chi connectivity index (χ4v) is 1.60. The Morgan fingerprint density at radius 2 is 2.06 bits per heavy atom. The van der Waals surface area contributed by atoms with Crippen LogP contribution in [-0.4, -0.2) is 30.6 Å². The van der Waals surface area contributed by atoms with E-state index < -0.39 is 0 Å². The molecular formula is C13H20N2O. The second kappa shape index (κ2) is 5.68. The van der Waals surface area contributed by atoms with Crippen LogP contribution in [0.2, 0.25) is 0 Å². The number of hydrogen-bond acceptors (Lipinski definition) is 3. The van der Waals surface area contributed by atoms with Crippen molar-refractivity contribution in [1.29, 1.82) is 0 Å². The Hall–Kier alpha value is -1.32. The molecule has 0 aliphatic heterocycles. The lowest BCUT2D eigenvalue weighted by Crippen LogP contribution is -2.12. The van der Waals surface area contributed by atoms with Gasteiger partial charge < -0.3 is 15.7 Å². The van der Waals surface area contributed by atoms with Crippen molar-refractivity contribution < 1.29 is 5.11 Å². The van der Waals surface area contributed by atoms with Crippen molar-refractivity contribution in [2.75, 3.05) is 20.6 Å². The minimum Gasteiger partial charge on any atom is -0.507 e. The normalized spacial score (nSPS) is 11.6. The minimum absolute atomic E-state index is 0.360. The van der Waals surface area contributed by atoms with Gasteiger partial charge in [-0.3, -0.25) is 0 Å². The molecule has 16 heavy (non-hydrogen) atoms. The third kappa shape index (κ3) is 3.08. The molecule has 0 saturated heterocycles. The Morgan fingerprint density at radius 3 is 2.62 bits per heavy atom. The van der Waals surface area contributed by atoms with Crippen molar-refractivity contribution in [2.45, 2.75) is 13.5 Å².